The second kappa shape index (κ2) is 4.15. The summed E-state index contributed by atoms with van der Waals surface area (Å²) in [4.78, 5) is 3.49. The van der Waals surface area contributed by atoms with Gasteiger partial charge in [-0.3, -0.25) is 0 Å². The van der Waals surface area contributed by atoms with Crippen LogP contribution in [0.3, 0.4) is 0 Å². The van der Waals surface area contributed by atoms with E-state index in [0.717, 1.165) is 11.6 Å². The first-order chi connectivity index (χ1) is 7.22. The highest BCUT2D eigenvalue weighted by molar-refractivity contribution is 8.12. The van der Waals surface area contributed by atoms with E-state index in [1.54, 1.807) is 11.8 Å². The van der Waals surface area contributed by atoms with Gasteiger partial charge in [-0.2, -0.15) is 0 Å². The minimum absolute atomic E-state index is 0.987. The van der Waals surface area contributed by atoms with Crippen molar-refractivity contribution in [1.82, 2.24) is 4.90 Å². The summed E-state index contributed by atoms with van der Waals surface area (Å²) in [5, 5.41) is 1.12. The third-order valence-corrected chi connectivity index (χ3v) is 3.59. The summed E-state index contributed by atoms with van der Waals surface area (Å²) in [6, 6.07) is 8.47. The standard InChI is InChI=1S/C13H15NS/c1-4-14-9-13(15-11(14)3)12-8-6-5-7-10(12)2/h5-9H,3-4H2,1-2H3. The van der Waals surface area contributed by atoms with Crippen LogP contribution in [0.5, 0.6) is 0 Å². The Kier molecular flexibility index (Phi) is 2.87. The zero-order chi connectivity index (χ0) is 10.8. The highest BCUT2D eigenvalue weighted by atomic mass is 32.2. The number of aryl methyl sites for hydroxylation is 1. The predicted octanol–water partition coefficient (Wildman–Crippen LogP) is 3.83. The molecule has 1 aliphatic rings. The highest BCUT2D eigenvalue weighted by Crippen LogP contribution is 2.41. The third kappa shape index (κ3) is 1.95. The molecule has 1 nitrogen and oxygen atoms in total. The van der Waals surface area contributed by atoms with Crippen molar-refractivity contribution in [2.45, 2.75) is 13.8 Å². The summed E-state index contributed by atoms with van der Waals surface area (Å²) >= 11 is 1.76. The number of nitrogens with zero attached hydrogens (tertiary/aromatic N) is 1. The van der Waals surface area contributed by atoms with E-state index in [-0.39, 0.29) is 0 Å². The van der Waals surface area contributed by atoms with Gasteiger partial charge >= 0.3 is 0 Å². The van der Waals surface area contributed by atoms with Crippen LogP contribution in [0.2, 0.25) is 0 Å². The minimum atomic E-state index is 0.987. The van der Waals surface area contributed by atoms with Gasteiger partial charge in [-0.25, -0.2) is 0 Å². The molecular formula is C13H15NS. The van der Waals surface area contributed by atoms with Crippen LogP contribution in [0.4, 0.5) is 0 Å². The first kappa shape index (κ1) is 10.4. The topological polar surface area (TPSA) is 3.24 Å². The lowest BCUT2D eigenvalue weighted by atomic mass is 10.1. The molecular weight excluding hydrogens is 202 g/mol. The molecule has 1 aromatic carbocycles. The van der Waals surface area contributed by atoms with Crippen LogP contribution in [0.1, 0.15) is 18.1 Å². The van der Waals surface area contributed by atoms with E-state index in [1.807, 2.05) is 0 Å². The SMILES string of the molecule is C=C1SC(c2ccccc2C)=CN1CC. The summed E-state index contributed by atoms with van der Waals surface area (Å²) in [6.45, 7) is 9.32. The molecule has 1 aliphatic heterocycles. The Hall–Kier alpha value is -1.15. The fourth-order valence-electron chi connectivity index (χ4n) is 1.67. The minimum Gasteiger partial charge on any atom is -0.342 e. The molecule has 78 valence electrons. The molecule has 0 fully saturated rings. The fraction of sp³-hybridized carbons (Fsp3) is 0.231. The molecule has 0 atom stereocenters. The third-order valence-electron chi connectivity index (χ3n) is 2.57. The van der Waals surface area contributed by atoms with Crippen molar-refractivity contribution in [2.24, 2.45) is 0 Å². The first-order valence-electron chi connectivity index (χ1n) is 5.13. The van der Waals surface area contributed by atoms with Gasteiger partial charge in [0, 0.05) is 17.6 Å². The van der Waals surface area contributed by atoms with Gasteiger partial charge in [-0.05, 0) is 25.0 Å². The zero-order valence-electron chi connectivity index (χ0n) is 9.16. The predicted molar refractivity (Wildman–Crippen MR) is 68.3 cm³/mol. The first-order valence-corrected chi connectivity index (χ1v) is 5.95. The lowest BCUT2D eigenvalue weighted by Crippen LogP contribution is -2.08. The maximum absolute atomic E-state index is 4.05. The molecule has 2 rings (SSSR count). The molecule has 15 heavy (non-hydrogen) atoms. The Morgan fingerprint density at radius 2 is 2.07 bits per heavy atom. The van der Waals surface area contributed by atoms with E-state index in [2.05, 4.69) is 55.8 Å². The van der Waals surface area contributed by atoms with Crippen LogP contribution in [0, 0.1) is 6.92 Å². The molecule has 0 amide bonds. The lowest BCUT2D eigenvalue weighted by Gasteiger charge is -2.11. The van der Waals surface area contributed by atoms with Crippen molar-refractivity contribution in [1.29, 1.82) is 0 Å². The van der Waals surface area contributed by atoms with Gasteiger partial charge in [0.1, 0.15) is 0 Å². The smallest absolute Gasteiger partial charge is 0.0723 e. The number of hydrogen-bond donors (Lipinski definition) is 0. The van der Waals surface area contributed by atoms with E-state index >= 15 is 0 Å². The van der Waals surface area contributed by atoms with Crippen molar-refractivity contribution < 1.29 is 0 Å². The van der Waals surface area contributed by atoms with Crippen LogP contribution >= 0.6 is 11.8 Å². The molecule has 0 saturated carbocycles. The Balaban J connectivity index is 2.34. The second-order valence-electron chi connectivity index (χ2n) is 3.59. The average molecular weight is 217 g/mol. The van der Waals surface area contributed by atoms with E-state index in [9.17, 15) is 0 Å². The molecule has 0 N–H and O–H groups in total. The molecule has 0 saturated heterocycles. The van der Waals surface area contributed by atoms with Gasteiger partial charge in [0.15, 0.2) is 0 Å². The van der Waals surface area contributed by atoms with Crippen LogP contribution in [-0.2, 0) is 0 Å². The number of thioether (sulfide) groups is 1. The Morgan fingerprint density at radius 3 is 2.67 bits per heavy atom. The van der Waals surface area contributed by atoms with Crippen LogP contribution < -0.4 is 0 Å². The fourth-order valence-corrected chi connectivity index (χ4v) is 2.74. The van der Waals surface area contributed by atoms with Crippen molar-refractivity contribution in [3.8, 4) is 0 Å². The maximum Gasteiger partial charge on any atom is 0.0723 e. The summed E-state index contributed by atoms with van der Waals surface area (Å²) in [5.41, 5.74) is 2.64. The zero-order valence-corrected chi connectivity index (χ0v) is 9.97. The van der Waals surface area contributed by atoms with Crippen LogP contribution in [0.15, 0.2) is 42.1 Å². The van der Waals surface area contributed by atoms with Crippen molar-refractivity contribution in [3.05, 3.63) is 53.2 Å². The molecule has 0 bridgehead atoms. The van der Waals surface area contributed by atoms with E-state index in [4.69, 9.17) is 0 Å². The molecule has 2 heteroatoms. The highest BCUT2D eigenvalue weighted by Gasteiger charge is 2.18. The average Bonchev–Trinajstić information content (AvgIpc) is 2.60. The molecule has 0 unspecified atom stereocenters. The van der Waals surface area contributed by atoms with Crippen molar-refractivity contribution in [2.75, 3.05) is 6.54 Å². The monoisotopic (exact) mass is 217 g/mol. The van der Waals surface area contributed by atoms with Gasteiger partial charge < -0.3 is 4.90 Å². The van der Waals surface area contributed by atoms with Gasteiger partial charge in [0.2, 0.25) is 0 Å². The summed E-state index contributed by atoms with van der Waals surface area (Å²) in [5.74, 6) is 0. The molecule has 0 radical (unpaired) electrons. The van der Waals surface area contributed by atoms with E-state index in [0.29, 0.717) is 0 Å². The van der Waals surface area contributed by atoms with Crippen molar-refractivity contribution in [3.63, 3.8) is 0 Å². The summed E-state index contributed by atoms with van der Waals surface area (Å²) in [7, 11) is 0. The number of benzene rings is 1. The van der Waals surface area contributed by atoms with Crippen LogP contribution in [0.25, 0.3) is 4.91 Å². The normalized spacial score (nSPS) is 15.7. The number of hydrogen-bond acceptors (Lipinski definition) is 2. The van der Waals surface area contributed by atoms with Gasteiger partial charge in [-0.1, -0.05) is 42.6 Å². The van der Waals surface area contributed by atoms with Gasteiger partial charge in [0.25, 0.3) is 0 Å². The quantitative estimate of drug-likeness (QED) is 0.740. The van der Waals surface area contributed by atoms with E-state index in [1.165, 1.54) is 16.0 Å². The maximum atomic E-state index is 4.05. The van der Waals surface area contributed by atoms with E-state index < -0.39 is 0 Å². The second-order valence-corrected chi connectivity index (χ2v) is 4.71. The van der Waals surface area contributed by atoms with Crippen LogP contribution in [-0.4, -0.2) is 11.4 Å². The Labute approximate surface area is 95.5 Å². The largest absolute Gasteiger partial charge is 0.342 e. The van der Waals surface area contributed by atoms with Gasteiger partial charge in [0.05, 0.1) is 5.03 Å². The molecule has 0 spiro atoms. The number of rotatable bonds is 2. The molecule has 0 aromatic heterocycles. The lowest BCUT2D eigenvalue weighted by molar-refractivity contribution is 0.534. The summed E-state index contributed by atoms with van der Waals surface area (Å²) in [6.07, 6.45) is 2.19. The Morgan fingerprint density at radius 1 is 1.33 bits per heavy atom. The van der Waals surface area contributed by atoms with Gasteiger partial charge in [-0.15, -0.1) is 0 Å². The molecule has 1 aromatic rings. The Bertz CT molecular complexity index is 420. The van der Waals surface area contributed by atoms with Crippen molar-refractivity contribution >= 4 is 16.7 Å². The summed E-state index contributed by atoms with van der Waals surface area (Å²) < 4.78 is 0. The molecule has 0 aliphatic carbocycles. The molecule has 1 heterocycles.